The number of alkyl halides is 2. The molecule has 0 radical (unpaired) electrons. The summed E-state index contributed by atoms with van der Waals surface area (Å²) in [6.07, 6.45) is 63.9. The van der Waals surface area contributed by atoms with Gasteiger partial charge in [0.15, 0.2) is 0 Å². The van der Waals surface area contributed by atoms with E-state index >= 15 is 0 Å². The van der Waals surface area contributed by atoms with Crippen molar-refractivity contribution in [2.24, 2.45) is 10.2 Å². The number of halogens is 2. The van der Waals surface area contributed by atoms with E-state index in [1.54, 1.807) is 0 Å². The molecule has 0 fully saturated rings. The van der Waals surface area contributed by atoms with E-state index in [0.717, 1.165) is 174 Å². The van der Waals surface area contributed by atoms with Crippen LogP contribution in [0.25, 0.3) is 20.9 Å². The average molecular weight is 1630 g/mol. The van der Waals surface area contributed by atoms with Gasteiger partial charge in [-0.15, -0.1) is 36.0 Å². The number of carbonyl (C=O) groups excluding carboxylic acids is 2. The Balaban J connectivity index is -0.000000103. The molecule has 4 unspecified atom stereocenters. The summed E-state index contributed by atoms with van der Waals surface area (Å²) < 4.78 is 25.8. The third-order valence-corrected chi connectivity index (χ3v) is 17.0. The summed E-state index contributed by atoms with van der Waals surface area (Å²) >= 11 is 11.2. The van der Waals surface area contributed by atoms with Crippen LogP contribution in [-0.4, -0.2) is 95.1 Å². The van der Waals surface area contributed by atoms with Crippen molar-refractivity contribution in [2.75, 3.05) is 77.7 Å². The molecule has 0 aliphatic carbocycles. The zero-order valence-corrected chi connectivity index (χ0v) is 72.4. The van der Waals surface area contributed by atoms with E-state index in [0.29, 0.717) is 74.7 Å². The van der Waals surface area contributed by atoms with Crippen LogP contribution in [0.5, 0.6) is 0 Å². The van der Waals surface area contributed by atoms with Gasteiger partial charge in [0.05, 0.1) is 19.8 Å². The normalized spacial score (nSPS) is 12.2. The van der Waals surface area contributed by atoms with Crippen LogP contribution >= 0.6 is 58.1 Å². The summed E-state index contributed by atoms with van der Waals surface area (Å²) in [4.78, 5) is 26.2. The van der Waals surface area contributed by atoms with E-state index in [1.165, 1.54) is 79.4 Å². The Morgan fingerprint density at radius 3 is 0.963 bits per heavy atom. The van der Waals surface area contributed by atoms with Gasteiger partial charge in [0.25, 0.3) is 0 Å². The molecule has 0 aliphatic rings. The van der Waals surface area contributed by atoms with Crippen molar-refractivity contribution in [3.05, 3.63) is 172 Å². The lowest BCUT2D eigenvalue weighted by Crippen LogP contribution is -1.98. The lowest BCUT2D eigenvalue weighted by Gasteiger charge is -2.03. The third-order valence-electron chi connectivity index (χ3n) is 15.0. The fourth-order valence-electron chi connectivity index (χ4n) is 8.68. The molecule has 20 heteroatoms. The van der Waals surface area contributed by atoms with Crippen molar-refractivity contribution < 1.29 is 39.4 Å². The summed E-state index contributed by atoms with van der Waals surface area (Å²) in [6.45, 7) is 36.6. The summed E-state index contributed by atoms with van der Waals surface area (Å²) in [5.74, 6) is 5.89. The van der Waals surface area contributed by atoms with E-state index in [-0.39, 0.29) is 51.1 Å². The number of hydrogen-bond donors (Lipinski definition) is 1. The fraction of sp³-hybridized carbons (Fsp3) is 0.636. The molecule has 0 bridgehead atoms. The Morgan fingerprint density at radius 1 is 0.426 bits per heavy atom. The van der Waals surface area contributed by atoms with Gasteiger partial charge in [-0.05, 0) is 262 Å². The topological polar surface area (TPSA) is 198 Å². The highest BCUT2D eigenvalue weighted by atomic mass is 35.5. The number of rotatable bonds is 53. The second kappa shape index (κ2) is 105. The Bertz CT molecular complexity index is 2760. The number of hydrogen-bond acceptors (Lipinski definition) is 10. The van der Waals surface area contributed by atoms with Crippen LogP contribution in [0.3, 0.4) is 0 Å². The molecule has 0 aromatic heterocycles. The Labute approximate surface area is 685 Å². The summed E-state index contributed by atoms with van der Waals surface area (Å²) in [6, 6.07) is 0. The number of aliphatic hydroxyl groups excluding tert-OH is 1. The van der Waals surface area contributed by atoms with Gasteiger partial charge in [-0.25, -0.2) is 0 Å². The molecule has 1 N–H and O–H groups in total. The van der Waals surface area contributed by atoms with Crippen molar-refractivity contribution in [1.29, 1.82) is 0 Å². The van der Waals surface area contributed by atoms with Gasteiger partial charge in [-0.2, -0.15) is 0 Å². The first-order chi connectivity index (χ1) is 49.4. The molecule has 0 amide bonds. The standard InChI is InChI=1S/C15H23ClO.C15H26O2P2.C15H26O.C14H22O3.C12H20ClN3.C12H23N3OP2.5CH4.H2/c1-4-12-17-13-6-9-14(2)7-5-8-15(3)10-11-16;1-4-11-16-12-6-9-14(2)7-5-8-15(3)10-13-17-19-18;1-13(2)7-5-8-14(3)9-6-10-15(4)11-12-16;1-12(8-5-10-15)6-4-7-13(2)9-11-17-14(3)16;1-11(7-4-10-15-16-14)5-3-6-12(2)8-9-13;1-11(7-4-9-14-15-13)5-3-6-12(2)8-10-16-18-17;;;;;;/h1,7,10H,5-6,8-9,11-13H2,2-3H3;1,7,10,19H,5-6,8-9,11-13,18H2,2-3H3;7,9,11,16H,5-6,8,10,12H2,1-4H3;6,9-10H,4-5,7-8,11H2,1-3H3;5,8H,3-4,6-7,9-10H2,1-2H3;5,8,18H,3-4,6-7,9-10,17H2,1-2H3;5*1H4;1H/b2*14-7+,15-10+;14-9+,15-11+;12-6+,13-9+;2*11-5+,12-8+;;;;;;/i;;;;;;;;;;;1+1. The number of aldehydes is 1. The zero-order chi connectivity index (χ0) is 78.6. The number of aliphatic hydroxyl groups is 1. The van der Waals surface area contributed by atoms with Gasteiger partial charge in [0.2, 0.25) is 0 Å². The molecular weight excluding hydrogens is 1460 g/mol. The van der Waals surface area contributed by atoms with Crippen LogP contribution < -0.4 is 0 Å². The average Bonchev–Trinajstić information content (AvgIpc) is 1.09. The first-order valence-corrected chi connectivity index (χ1v) is 42.9. The SMILES string of the molecule is C.C.C.C.C.C#CCOCCC/C(C)=C/CC/C(C)=C/CCl.C#CCOCCC/C(C)=C/CC/C(C)=C/COPP.C/C(=C\CCl)CC/C=C(\C)CCCN=[N+]=[N-].C/C(=C\COPP)CC/C=C(\C)CCCN=[N+]=[N-].CC(=O)OC/C=C(\C)CC/C=C(\C)CCC=O.CC(C)=CCC/C(C)=C/CC/C(C)=C/CO.[2HH]. The summed E-state index contributed by atoms with van der Waals surface area (Å²) in [5.41, 5.74) is 33.9. The molecule has 0 saturated heterocycles. The van der Waals surface area contributed by atoms with Crippen LogP contribution in [0.4, 0.5) is 0 Å². The molecule has 626 valence electrons. The van der Waals surface area contributed by atoms with E-state index in [1.807, 2.05) is 32.1 Å². The Hall–Kier alpha value is -4.40. The molecule has 0 rings (SSSR count). The van der Waals surface area contributed by atoms with Gasteiger partial charge in [0, 0.05) is 79.7 Å². The Morgan fingerprint density at radius 2 is 0.694 bits per heavy atom. The van der Waals surface area contributed by atoms with Crippen molar-refractivity contribution in [3.63, 3.8) is 0 Å². The lowest BCUT2D eigenvalue weighted by molar-refractivity contribution is -0.139. The fourth-order valence-corrected chi connectivity index (χ4v) is 10.1. The van der Waals surface area contributed by atoms with E-state index in [9.17, 15) is 9.59 Å². The first-order valence-electron chi connectivity index (χ1n) is 36.4. The van der Waals surface area contributed by atoms with Gasteiger partial charge in [-0.3, -0.25) is 4.79 Å². The van der Waals surface area contributed by atoms with E-state index in [4.69, 9.17) is 75.5 Å². The molecule has 0 aromatic rings. The highest BCUT2D eigenvalue weighted by Crippen LogP contribution is 2.23. The molecule has 0 aliphatic heterocycles. The van der Waals surface area contributed by atoms with Crippen molar-refractivity contribution in [1.82, 2.24) is 0 Å². The number of ether oxygens (including phenoxy) is 3. The molecule has 14 nitrogen and oxygen atoms in total. The molecule has 0 saturated carbocycles. The number of nitrogens with zero attached hydrogens (tertiary/aromatic N) is 6. The minimum atomic E-state index is -0.251. The minimum Gasteiger partial charge on any atom is -0.462 e. The van der Waals surface area contributed by atoms with Crippen molar-refractivity contribution in [3.8, 4) is 24.7 Å². The highest BCUT2D eigenvalue weighted by molar-refractivity contribution is 8.00. The first kappa shape index (κ1) is 127. The largest absolute Gasteiger partial charge is 0.462 e. The van der Waals surface area contributed by atoms with Crippen LogP contribution in [0, 0.1) is 24.7 Å². The van der Waals surface area contributed by atoms with E-state index in [2.05, 4.69) is 194 Å². The quantitative estimate of drug-likeness (QED) is 0.00593. The second-order valence-corrected chi connectivity index (χ2v) is 28.4. The summed E-state index contributed by atoms with van der Waals surface area (Å²) in [5, 5.41) is 15.7. The predicted octanol–water partition coefficient (Wildman–Crippen LogP) is 30.0. The monoisotopic (exact) mass is 1630 g/mol. The van der Waals surface area contributed by atoms with Gasteiger partial charge in [-0.1, -0.05) is 222 Å². The molecule has 0 spiro atoms. The smallest absolute Gasteiger partial charge is 0.302 e. The Kier molecular flexibility index (Phi) is 123. The summed E-state index contributed by atoms with van der Waals surface area (Å²) in [7, 11) is 6.13. The molecule has 4 atom stereocenters. The maximum Gasteiger partial charge on any atom is 0.302 e. The van der Waals surface area contributed by atoms with Gasteiger partial charge in [0.1, 0.15) is 26.1 Å². The second-order valence-electron chi connectivity index (χ2n) is 25.4. The van der Waals surface area contributed by atoms with Crippen molar-refractivity contribution in [2.45, 2.75) is 295 Å². The van der Waals surface area contributed by atoms with E-state index < -0.39 is 0 Å². The molecule has 0 aromatic carbocycles. The molecule has 0 heterocycles. The predicted molar refractivity (Wildman–Crippen MR) is 498 cm³/mol. The number of carbonyl (C=O) groups is 2. The number of allylic oxidation sites excluding steroid dienone is 22. The minimum absolute atomic E-state index is 0. The highest BCUT2D eigenvalue weighted by Gasteiger charge is 1.99. The maximum atomic E-state index is 10.5. The molecule has 108 heavy (non-hydrogen) atoms. The van der Waals surface area contributed by atoms with Gasteiger partial charge < -0.3 is 33.2 Å². The number of azide groups is 2. The van der Waals surface area contributed by atoms with Crippen LogP contribution in [-0.2, 0) is 32.8 Å². The van der Waals surface area contributed by atoms with Crippen LogP contribution in [0.1, 0.15) is 297 Å². The molecular formula is C88H162Cl2N6O8P4. The third kappa shape index (κ3) is 120. The number of terminal acetylenes is 2. The zero-order valence-electron chi connectivity index (χ0n) is 66.6. The van der Waals surface area contributed by atoms with Crippen LogP contribution in [0.2, 0.25) is 0 Å². The number of esters is 1. The lowest BCUT2D eigenvalue weighted by atomic mass is 10.1. The maximum absolute atomic E-state index is 10.5. The van der Waals surface area contributed by atoms with Crippen LogP contribution in [0.15, 0.2) is 162 Å². The van der Waals surface area contributed by atoms with Gasteiger partial charge >= 0.3 is 5.97 Å². The van der Waals surface area contributed by atoms with Crippen molar-refractivity contribution >= 4 is 70.3 Å².